The van der Waals surface area contributed by atoms with Gasteiger partial charge in [0.1, 0.15) is 5.75 Å². The Labute approximate surface area is 141 Å². The fourth-order valence-corrected chi connectivity index (χ4v) is 2.75. The molecule has 0 aliphatic rings. The van der Waals surface area contributed by atoms with Crippen LogP contribution in [-0.2, 0) is 6.54 Å². The van der Waals surface area contributed by atoms with Crippen molar-refractivity contribution < 1.29 is 9.53 Å². The molecule has 0 unspecified atom stereocenters. The Kier molecular flexibility index (Phi) is 4.51. The highest BCUT2D eigenvalue weighted by atomic mass is 16.5. The van der Waals surface area contributed by atoms with E-state index in [9.17, 15) is 4.79 Å². The van der Waals surface area contributed by atoms with Crippen LogP contribution >= 0.6 is 0 Å². The van der Waals surface area contributed by atoms with Crippen LogP contribution in [0.4, 0.5) is 0 Å². The summed E-state index contributed by atoms with van der Waals surface area (Å²) in [5, 5.41) is 3.86. The van der Waals surface area contributed by atoms with Crippen LogP contribution in [0.25, 0.3) is 10.9 Å². The van der Waals surface area contributed by atoms with E-state index in [0.29, 0.717) is 12.1 Å². The number of carbonyl (C=O) groups is 1. The summed E-state index contributed by atoms with van der Waals surface area (Å²) in [5.41, 5.74) is 2.65. The number of carbonyl (C=O) groups excluding carboxylic acids is 1. The van der Waals surface area contributed by atoms with Crippen molar-refractivity contribution in [2.24, 2.45) is 0 Å². The molecule has 2 aromatic heterocycles. The molecule has 5 nitrogen and oxygen atoms in total. The van der Waals surface area contributed by atoms with Gasteiger partial charge in [-0.05, 0) is 43.7 Å². The topological polar surface area (TPSA) is 56.1 Å². The second-order valence-electron chi connectivity index (χ2n) is 5.97. The van der Waals surface area contributed by atoms with Gasteiger partial charge in [-0.15, -0.1) is 0 Å². The van der Waals surface area contributed by atoms with Gasteiger partial charge >= 0.3 is 0 Å². The second kappa shape index (κ2) is 6.74. The van der Waals surface area contributed by atoms with Crippen molar-refractivity contribution in [3.05, 3.63) is 60.0 Å². The van der Waals surface area contributed by atoms with Crippen molar-refractivity contribution in [3.8, 4) is 5.75 Å². The van der Waals surface area contributed by atoms with Gasteiger partial charge in [0, 0.05) is 42.1 Å². The molecule has 3 aromatic rings. The first kappa shape index (κ1) is 16.1. The van der Waals surface area contributed by atoms with Crippen molar-refractivity contribution in [2.75, 3.05) is 7.11 Å². The number of hydrogen-bond donors (Lipinski definition) is 1. The SMILES string of the molecule is COc1ccc2c(c1)c(C(=O)NCc1cccnc1)cn2C(C)C. The van der Waals surface area contributed by atoms with Gasteiger partial charge in [0.2, 0.25) is 0 Å². The minimum atomic E-state index is -0.100. The first-order valence-electron chi connectivity index (χ1n) is 7.96. The molecule has 0 spiro atoms. The minimum Gasteiger partial charge on any atom is -0.497 e. The average molecular weight is 323 g/mol. The number of nitrogens with zero attached hydrogens (tertiary/aromatic N) is 2. The van der Waals surface area contributed by atoms with Gasteiger partial charge in [0.15, 0.2) is 0 Å². The van der Waals surface area contributed by atoms with Crippen LogP contribution in [0.1, 0.15) is 35.8 Å². The summed E-state index contributed by atoms with van der Waals surface area (Å²) >= 11 is 0. The van der Waals surface area contributed by atoms with E-state index in [0.717, 1.165) is 22.2 Å². The van der Waals surface area contributed by atoms with Crippen LogP contribution in [0.3, 0.4) is 0 Å². The highest BCUT2D eigenvalue weighted by Gasteiger charge is 2.17. The maximum Gasteiger partial charge on any atom is 0.253 e. The van der Waals surface area contributed by atoms with Crippen LogP contribution in [0, 0.1) is 0 Å². The van der Waals surface area contributed by atoms with E-state index in [2.05, 4.69) is 28.7 Å². The van der Waals surface area contributed by atoms with Crippen molar-refractivity contribution >= 4 is 16.8 Å². The molecule has 1 aromatic carbocycles. The Morgan fingerprint density at radius 2 is 2.17 bits per heavy atom. The molecule has 0 aliphatic carbocycles. The van der Waals surface area contributed by atoms with E-state index in [4.69, 9.17) is 4.74 Å². The number of nitrogens with one attached hydrogen (secondary N) is 1. The lowest BCUT2D eigenvalue weighted by molar-refractivity contribution is 0.0952. The normalized spacial score (nSPS) is 11.0. The lowest BCUT2D eigenvalue weighted by Crippen LogP contribution is -2.22. The number of ether oxygens (including phenoxy) is 1. The number of methoxy groups -OCH3 is 1. The van der Waals surface area contributed by atoms with Crippen molar-refractivity contribution in [1.29, 1.82) is 0 Å². The highest BCUT2D eigenvalue weighted by Crippen LogP contribution is 2.28. The van der Waals surface area contributed by atoms with Gasteiger partial charge in [-0.25, -0.2) is 0 Å². The van der Waals surface area contributed by atoms with Crippen LogP contribution in [0.2, 0.25) is 0 Å². The summed E-state index contributed by atoms with van der Waals surface area (Å²) in [7, 11) is 1.63. The molecule has 0 saturated carbocycles. The molecular weight excluding hydrogens is 302 g/mol. The Morgan fingerprint density at radius 3 is 2.83 bits per heavy atom. The number of pyridine rings is 1. The molecule has 1 amide bonds. The molecule has 0 fully saturated rings. The highest BCUT2D eigenvalue weighted by molar-refractivity contribution is 6.07. The number of fused-ring (bicyclic) bond motifs is 1. The van der Waals surface area contributed by atoms with Crippen LogP contribution < -0.4 is 10.1 Å². The Hall–Kier alpha value is -2.82. The summed E-state index contributed by atoms with van der Waals surface area (Å²) < 4.78 is 7.41. The van der Waals surface area contributed by atoms with E-state index in [1.54, 1.807) is 19.5 Å². The first-order valence-corrected chi connectivity index (χ1v) is 7.96. The monoisotopic (exact) mass is 323 g/mol. The number of rotatable bonds is 5. The zero-order chi connectivity index (χ0) is 17.1. The Bertz CT molecular complexity index is 854. The predicted molar refractivity (Wildman–Crippen MR) is 94.3 cm³/mol. The fourth-order valence-electron chi connectivity index (χ4n) is 2.75. The van der Waals surface area contributed by atoms with E-state index in [-0.39, 0.29) is 11.9 Å². The maximum atomic E-state index is 12.7. The zero-order valence-electron chi connectivity index (χ0n) is 14.1. The van der Waals surface area contributed by atoms with Crippen molar-refractivity contribution in [1.82, 2.24) is 14.9 Å². The largest absolute Gasteiger partial charge is 0.497 e. The molecule has 24 heavy (non-hydrogen) atoms. The summed E-state index contributed by atoms with van der Waals surface area (Å²) in [6.45, 7) is 4.65. The van der Waals surface area contributed by atoms with Crippen molar-refractivity contribution in [3.63, 3.8) is 0 Å². The van der Waals surface area contributed by atoms with Crippen molar-refractivity contribution in [2.45, 2.75) is 26.4 Å². The fraction of sp³-hybridized carbons (Fsp3) is 0.263. The zero-order valence-corrected chi connectivity index (χ0v) is 14.1. The minimum absolute atomic E-state index is 0.100. The van der Waals surface area contributed by atoms with Gasteiger partial charge in [-0.1, -0.05) is 6.07 Å². The number of amides is 1. The lowest BCUT2D eigenvalue weighted by atomic mass is 10.1. The summed E-state index contributed by atoms with van der Waals surface area (Å²) in [6.07, 6.45) is 5.38. The summed E-state index contributed by atoms with van der Waals surface area (Å²) in [4.78, 5) is 16.7. The smallest absolute Gasteiger partial charge is 0.253 e. The van der Waals surface area contributed by atoms with Gasteiger partial charge in [0.25, 0.3) is 5.91 Å². The third kappa shape index (κ3) is 3.11. The van der Waals surface area contributed by atoms with E-state index >= 15 is 0 Å². The molecule has 0 bridgehead atoms. The van der Waals surface area contributed by atoms with Gasteiger partial charge < -0.3 is 14.6 Å². The number of hydrogen-bond acceptors (Lipinski definition) is 3. The lowest BCUT2D eigenvalue weighted by Gasteiger charge is -2.09. The Balaban J connectivity index is 1.93. The molecule has 0 aliphatic heterocycles. The quantitative estimate of drug-likeness (QED) is 0.781. The molecule has 5 heteroatoms. The molecular formula is C19H21N3O2. The summed E-state index contributed by atoms with van der Waals surface area (Å²) in [5.74, 6) is 0.641. The van der Waals surface area contributed by atoms with Crippen LogP contribution in [0.5, 0.6) is 5.75 Å². The molecule has 124 valence electrons. The third-order valence-electron chi connectivity index (χ3n) is 4.02. The molecule has 1 N–H and O–H groups in total. The molecule has 0 atom stereocenters. The van der Waals surface area contributed by atoms with E-state index < -0.39 is 0 Å². The second-order valence-corrected chi connectivity index (χ2v) is 5.97. The van der Waals surface area contributed by atoms with E-state index in [1.165, 1.54) is 0 Å². The first-order chi connectivity index (χ1) is 11.6. The average Bonchev–Trinajstić information content (AvgIpc) is 2.99. The maximum absolute atomic E-state index is 12.7. The molecule has 0 radical (unpaired) electrons. The van der Waals surface area contributed by atoms with Crippen LogP contribution in [0.15, 0.2) is 48.9 Å². The van der Waals surface area contributed by atoms with E-state index in [1.807, 2.05) is 36.5 Å². The Morgan fingerprint density at radius 1 is 1.33 bits per heavy atom. The third-order valence-corrected chi connectivity index (χ3v) is 4.02. The number of benzene rings is 1. The molecule has 3 rings (SSSR count). The van der Waals surface area contributed by atoms with Gasteiger partial charge in [-0.3, -0.25) is 9.78 Å². The summed E-state index contributed by atoms with van der Waals surface area (Å²) in [6, 6.07) is 9.88. The van der Waals surface area contributed by atoms with Gasteiger partial charge in [0.05, 0.1) is 12.7 Å². The standard InChI is InChI=1S/C19H21N3O2/c1-13(2)22-12-17(16-9-15(24-3)6-7-18(16)22)19(23)21-11-14-5-4-8-20-10-14/h4-10,12-13H,11H2,1-3H3,(H,21,23). The van der Waals surface area contributed by atoms with Gasteiger partial charge in [-0.2, -0.15) is 0 Å². The molecule has 2 heterocycles. The molecule has 0 saturated heterocycles. The van der Waals surface area contributed by atoms with Crippen LogP contribution in [-0.4, -0.2) is 22.6 Å². The predicted octanol–water partition coefficient (Wildman–Crippen LogP) is 3.56. The number of aromatic nitrogens is 2.